The van der Waals surface area contributed by atoms with Crippen LogP contribution >= 0.6 is 0 Å². The van der Waals surface area contributed by atoms with Crippen molar-refractivity contribution >= 4 is 22.6 Å². The maximum atomic E-state index is 13.4. The molecule has 2 saturated heterocycles. The van der Waals surface area contributed by atoms with Crippen molar-refractivity contribution in [2.75, 3.05) is 26.2 Å². The molecule has 2 aliphatic rings. The molecule has 5 rings (SSSR count). The first-order valence-electron chi connectivity index (χ1n) is 12.2. The minimum absolute atomic E-state index is 0.0210. The van der Waals surface area contributed by atoms with Crippen molar-refractivity contribution in [2.45, 2.75) is 37.8 Å². The number of hydrogen-bond acceptors (Lipinski definition) is 4. The highest BCUT2D eigenvalue weighted by molar-refractivity contribution is 6.05. The lowest BCUT2D eigenvalue weighted by Crippen LogP contribution is -2.48. The standard InChI is InChI=1S/C28H31N3O3/c32-26-22-12-5-4-9-20(22)14-15-23(26)28(34)31-18-8-13-24(31)27(33)29-19-25(30-16-6-7-17-30)21-10-2-1-3-11-21/h1-5,9-12,14-15,24-25,32H,6-8,13,16-19H2,(H,29,33). The Morgan fingerprint density at radius 1 is 0.912 bits per heavy atom. The van der Waals surface area contributed by atoms with Gasteiger partial charge < -0.3 is 15.3 Å². The van der Waals surface area contributed by atoms with Gasteiger partial charge in [0, 0.05) is 18.5 Å². The lowest BCUT2D eigenvalue weighted by Gasteiger charge is -2.30. The van der Waals surface area contributed by atoms with E-state index in [4.69, 9.17) is 0 Å². The van der Waals surface area contributed by atoms with Crippen LogP contribution in [0.2, 0.25) is 0 Å². The Labute approximate surface area is 200 Å². The van der Waals surface area contributed by atoms with E-state index in [9.17, 15) is 14.7 Å². The number of aromatic hydroxyl groups is 1. The molecule has 6 nitrogen and oxygen atoms in total. The molecule has 2 heterocycles. The number of nitrogens with zero attached hydrogens (tertiary/aromatic N) is 2. The van der Waals surface area contributed by atoms with E-state index in [1.807, 2.05) is 42.5 Å². The molecule has 2 fully saturated rings. The molecule has 3 aromatic rings. The first-order chi connectivity index (χ1) is 16.6. The van der Waals surface area contributed by atoms with Gasteiger partial charge in [0.2, 0.25) is 5.91 Å². The third-order valence-electron chi connectivity index (χ3n) is 7.18. The third-order valence-corrected chi connectivity index (χ3v) is 7.18. The van der Waals surface area contributed by atoms with Gasteiger partial charge in [-0.05, 0) is 55.8 Å². The SMILES string of the molecule is O=C(NCC(c1ccccc1)N1CCCC1)C1CCCN1C(=O)c1ccc2ccccc2c1O. The molecule has 2 atom stereocenters. The van der Waals surface area contributed by atoms with Crippen LogP contribution in [0.5, 0.6) is 5.75 Å². The van der Waals surface area contributed by atoms with Gasteiger partial charge in [0.1, 0.15) is 11.8 Å². The van der Waals surface area contributed by atoms with E-state index >= 15 is 0 Å². The predicted octanol–water partition coefficient (Wildman–Crippen LogP) is 4.10. The molecule has 0 saturated carbocycles. The second-order valence-corrected chi connectivity index (χ2v) is 9.25. The number of carbonyl (C=O) groups excluding carboxylic acids is 2. The van der Waals surface area contributed by atoms with Gasteiger partial charge in [-0.2, -0.15) is 0 Å². The Balaban J connectivity index is 1.31. The molecule has 0 aliphatic carbocycles. The molecule has 176 valence electrons. The maximum Gasteiger partial charge on any atom is 0.258 e. The van der Waals surface area contributed by atoms with Crippen LogP contribution in [0.4, 0.5) is 0 Å². The number of phenols is 1. The molecule has 2 amide bonds. The van der Waals surface area contributed by atoms with Crippen LogP contribution in [0.25, 0.3) is 10.8 Å². The minimum Gasteiger partial charge on any atom is -0.506 e. The number of amides is 2. The Morgan fingerprint density at radius 3 is 2.44 bits per heavy atom. The summed E-state index contributed by atoms with van der Waals surface area (Å²) in [5.74, 6) is -0.432. The average Bonchev–Trinajstić information content (AvgIpc) is 3.58. The summed E-state index contributed by atoms with van der Waals surface area (Å²) >= 11 is 0. The first kappa shape index (κ1) is 22.4. The van der Waals surface area contributed by atoms with Crippen LogP contribution in [0.15, 0.2) is 66.7 Å². The van der Waals surface area contributed by atoms with Gasteiger partial charge in [-0.3, -0.25) is 14.5 Å². The minimum atomic E-state index is -0.520. The fraction of sp³-hybridized carbons (Fsp3) is 0.357. The number of carbonyl (C=O) groups is 2. The lowest BCUT2D eigenvalue weighted by atomic mass is 10.0. The molecular weight excluding hydrogens is 426 g/mol. The summed E-state index contributed by atoms with van der Waals surface area (Å²) < 4.78 is 0. The summed E-state index contributed by atoms with van der Waals surface area (Å²) in [5.41, 5.74) is 1.45. The van der Waals surface area contributed by atoms with Gasteiger partial charge >= 0.3 is 0 Å². The van der Waals surface area contributed by atoms with Crippen LogP contribution in [-0.2, 0) is 4.79 Å². The van der Waals surface area contributed by atoms with Crippen molar-refractivity contribution in [3.05, 3.63) is 77.9 Å². The second kappa shape index (κ2) is 9.85. The molecule has 2 aliphatic heterocycles. The summed E-state index contributed by atoms with van der Waals surface area (Å²) in [4.78, 5) is 30.7. The van der Waals surface area contributed by atoms with Crippen molar-refractivity contribution in [2.24, 2.45) is 0 Å². The molecule has 2 unspecified atom stereocenters. The smallest absolute Gasteiger partial charge is 0.258 e. The molecule has 3 aromatic carbocycles. The number of fused-ring (bicyclic) bond motifs is 1. The van der Waals surface area contributed by atoms with Crippen molar-refractivity contribution in [1.82, 2.24) is 15.1 Å². The van der Waals surface area contributed by atoms with E-state index in [0.717, 1.165) is 24.9 Å². The normalized spacial score (nSPS) is 19.4. The van der Waals surface area contributed by atoms with Crippen LogP contribution in [-0.4, -0.2) is 58.9 Å². The topological polar surface area (TPSA) is 72.9 Å². The van der Waals surface area contributed by atoms with E-state index in [2.05, 4.69) is 22.3 Å². The molecule has 34 heavy (non-hydrogen) atoms. The van der Waals surface area contributed by atoms with Crippen LogP contribution in [0, 0.1) is 0 Å². The van der Waals surface area contributed by atoms with E-state index < -0.39 is 6.04 Å². The van der Waals surface area contributed by atoms with Gasteiger partial charge in [0.05, 0.1) is 11.6 Å². The Morgan fingerprint density at radius 2 is 1.65 bits per heavy atom. The monoisotopic (exact) mass is 457 g/mol. The molecular formula is C28H31N3O3. The van der Waals surface area contributed by atoms with Crippen molar-refractivity contribution in [3.63, 3.8) is 0 Å². The molecule has 0 aromatic heterocycles. The van der Waals surface area contributed by atoms with Gasteiger partial charge in [0.25, 0.3) is 5.91 Å². The predicted molar refractivity (Wildman–Crippen MR) is 133 cm³/mol. The molecule has 0 radical (unpaired) electrons. The zero-order valence-corrected chi connectivity index (χ0v) is 19.3. The maximum absolute atomic E-state index is 13.4. The number of nitrogens with one attached hydrogen (secondary N) is 1. The van der Waals surface area contributed by atoms with Crippen LogP contribution in [0.3, 0.4) is 0 Å². The molecule has 0 spiro atoms. The Bertz CT molecular complexity index is 1170. The zero-order valence-electron chi connectivity index (χ0n) is 19.3. The van der Waals surface area contributed by atoms with Gasteiger partial charge in [-0.25, -0.2) is 0 Å². The summed E-state index contributed by atoms with van der Waals surface area (Å²) in [5, 5.41) is 15.4. The van der Waals surface area contributed by atoms with Gasteiger partial charge in [0.15, 0.2) is 0 Å². The van der Waals surface area contributed by atoms with E-state index in [1.165, 1.54) is 18.4 Å². The van der Waals surface area contributed by atoms with E-state index in [1.54, 1.807) is 17.0 Å². The Kier molecular flexibility index (Phi) is 6.50. The number of rotatable bonds is 6. The van der Waals surface area contributed by atoms with E-state index in [-0.39, 0.29) is 29.2 Å². The first-order valence-corrected chi connectivity index (χ1v) is 12.2. The summed E-state index contributed by atoms with van der Waals surface area (Å²) in [6.07, 6.45) is 3.76. The summed E-state index contributed by atoms with van der Waals surface area (Å²) in [7, 11) is 0. The second-order valence-electron chi connectivity index (χ2n) is 9.25. The highest BCUT2D eigenvalue weighted by atomic mass is 16.3. The van der Waals surface area contributed by atoms with Gasteiger partial charge in [-0.1, -0.05) is 60.7 Å². The summed E-state index contributed by atoms with van der Waals surface area (Å²) in [6.45, 7) is 3.09. The largest absolute Gasteiger partial charge is 0.506 e. The van der Waals surface area contributed by atoms with E-state index in [0.29, 0.717) is 24.9 Å². The summed E-state index contributed by atoms with van der Waals surface area (Å²) in [6, 6.07) is 20.9. The molecule has 6 heteroatoms. The van der Waals surface area contributed by atoms with Crippen LogP contribution in [0.1, 0.15) is 47.6 Å². The fourth-order valence-electron chi connectivity index (χ4n) is 5.37. The number of phenolic OH excluding ortho intramolecular Hbond substituents is 1. The van der Waals surface area contributed by atoms with Crippen LogP contribution < -0.4 is 5.32 Å². The quantitative estimate of drug-likeness (QED) is 0.585. The highest BCUT2D eigenvalue weighted by Gasteiger charge is 2.36. The molecule has 0 bridgehead atoms. The third kappa shape index (κ3) is 4.38. The fourth-order valence-corrected chi connectivity index (χ4v) is 5.37. The number of hydrogen-bond donors (Lipinski definition) is 2. The molecule has 2 N–H and O–H groups in total. The number of benzene rings is 3. The number of likely N-dealkylation sites (tertiary alicyclic amines) is 2. The van der Waals surface area contributed by atoms with Crippen molar-refractivity contribution in [1.29, 1.82) is 0 Å². The highest BCUT2D eigenvalue weighted by Crippen LogP contribution is 2.31. The van der Waals surface area contributed by atoms with Gasteiger partial charge in [-0.15, -0.1) is 0 Å². The Hall–Kier alpha value is -3.38. The lowest BCUT2D eigenvalue weighted by molar-refractivity contribution is -0.125. The van der Waals surface area contributed by atoms with Crippen molar-refractivity contribution < 1.29 is 14.7 Å². The van der Waals surface area contributed by atoms with Crippen molar-refractivity contribution in [3.8, 4) is 5.75 Å². The average molecular weight is 458 g/mol. The zero-order chi connectivity index (χ0) is 23.5.